The summed E-state index contributed by atoms with van der Waals surface area (Å²) in [6.45, 7) is 1.09. The zero-order chi connectivity index (χ0) is 15.8. The molecule has 2 rings (SSSR count). The summed E-state index contributed by atoms with van der Waals surface area (Å²) in [6.07, 6.45) is 3.95. The van der Waals surface area contributed by atoms with Crippen LogP contribution < -0.4 is 5.32 Å². The number of nitrogens with zero attached hydrogens (tertiary/aromatic N) is 1. The molecule has 0 aliphatic heterocycles. The minimum Gasteiger partial charge on any atom is -0.506 e. The Morgan fingerprint density at radius 3 is 2.59 bits per heavy atom. The largest absolute Gasteiger partial charge is 0.506 e. The van der Waals surface area contributed by atoms with E-state index in [2.05, 4.69) is 10.3 Å². The van der Waals surface area contributed by atoms with Crippen LogP contribution in [-0.2, 0) is 29.1 Å². The average Bonchev–Trinajstić information content (AvgIpc) is 2.53. The number of carbonyl (C=O) groups excluding carboxylic acids is 1. The molecule has 0 unspecified atom stereocenters. The molecule has 0 atom stereocenters. The molecule has 0 aliphatic carbocycles. The van der Waals surface area contributed by atoms with Gasteiger partial charge in [-0.3, -0.25) is 9.78 Å². The maximum atomic E-state index is 11.8. The highest BCUT2D eigenvalue weighted by molar-refractivity contribution is 5.76. The van der Waals surface area contributed by atoms with Gasteiger partial charge in [0, 0.05) is 26.3 Å². The number of amides is 1. The third-order valence-corrected chi connectivity index (χ3v) is 3.24. The number of pyridine rings is 1. The first kappa shape index (κ1) is 16.0. The molecule has 0 fully saturated rings. The van der Waals surface area contributed by atoms with E-state index in [0.29, 0.717) is 26.0 Å². The summed E-state index contributed by atoms with van der Waals surface area (Å²) >= 11 is 0. The van der Waals surface area contributed by atoms with E-state index in [4.69, 9.17) is 4.74 Å². The summed E-state index contributed by atoms with van der Waals surface area (Å²) in [5.74, 6) is 0.0957. The predicted octanol–water partition coefficient (Wildman–Crippen LogP) is 2.18. The van der Waals surface area contributed by atoms with E-state index in [1.807, 2.05) is 24.3 Å². The number of rotatable bonds is 7. The summed E-state index contributed by atoms with van der Waals surface area (Å²) < 4.78 is 5.06. The molecule has 1 amide bonds. The van der Waals surface area contributed by atoms with Gasteiger partial charge in [-0.2, -0.15) is 0 Å². The Morgan fingerprint density at radius 1 is 1.18 bits per heavy atom. The lowest BCUT2D eigenvalue weighted by atomic mass is 10.1. The van der Waals surface area contributed by atoms with E-state index in [0.717, 1.165) is 16.7 Å². The lowest BCUT2D eigenvalue weighted by molar-refractivity contribution is -0.121. The van der Waals surface area contributed by atoms with Crippen molar-refractivity contribution in [3.63, 3.8) is 0 Å². The number of hydrogen-bond acceptors (Lipinski definition) is 4. The van der Waals surface area contributed by atoms with Crippen molar-refractivity contribution in [1.82, 2.24) is 10.3 Å². The van der Waals surface area contributed by atoms with Crippen LogP contribution in [0.25, 0.3) is 0 Å². The van der Waals surface area contributed by atoms with E-state index in [1.54, 1.807) is 19.4 Å². The second-order valence-corrected chi connectivity index (χ2v) is 5.08. The molecule has 0 aliphatic rings. The highest BCUT2D eigenvalue weighted by atomic mass is 16.5. The molecule has 1 heterocycles. The average molecular weight is 300 g/mol. The van der Waals surface area contributed by atoms with Crippen molar-refractivity contribution in [3.05, 3.63) is 59.4 Å². The van der Waals surface area contributed by atoms with Crippen LogP contribution in [0.5, 0.6) is 5.75 Å². The number of carbonyl (C=O) groups is 1. The Labute approximate surface area is 130 Å². The van der Waals surface area contributed by atoms with E-state index < -0.39 is 0 Å². The lowest BCUT2D eigenvalue weighted by Crippen LogP contribution is -2.23. The molecule has 1 aromatic heterocycles. The van der Waals surface area contributed by atoms with Crippen molar-refractivity contribution in [2.75, 3.05) is 7.11 Å². The highest BCUT2D eigenvalue weighted by Crippen LogP contribution is 2.10. The first-order valence-corrected chi connectivity index (χ1v) is 7.13. The molecule has 2 aromatic rings. The fourth-order valence-electron chi connectivity index (χ4n) is 2.08. The summed E-state index contributed by atoms with van der Waals surface area (Å²) in [7, 11) is 1.66. The second-order valence-electron chi connectivity index (χ2n) is 5.08. The van der Waals surface area contributed by atoms with E-state index in [1.165, 1.54) is 6.20 Å². The molecule has 0 spiro atoms. The zero-order valence-electron chi connectivity index (χ0n) is 12.6. The number of benzene rings is 1. The quantitative estimate of drug-likeness (QED) is 0.822. The first-order valence-electron chi connectivity index (χ1n) is 7.13. The SMILES string of the molecule is COCc1ccc(CNC(=O)CCc2cncc(O)c2)cc1. The van der Waals surface area contributed by atoms with Crippen molar-refractivity contribution in [2.24, 2.45) is 0 Å². The van der Waals surface area contributed by atoms with Crippen LogP contribution in [0.3, 0.4) is 0 Å². The molecule has 5 heteroatoms. The molecule has 1 aromatic carbocycles. The Morgan fingerprint density at radius 2 is 1.91 bits per heavy atom. The zero-order valence-corrected chi connectivity index (χ0v) is 12.6. The maximum Gasteiger partial charge on any atom is 0.220 e. The van der Waals surface area contributed by atoms with E-state index in [-0.39, 0.29) is 11.7 Å². The summed E-state index contributed by atoms with van der Waals surface area (Å²) in [6, 6.07) is 9.56. The third kappa shape index (κ3) is 5.18. The van der Waals surface area contributed by atoms with Crippen molar-refractivity contribution in [2.45, 2.75) is 26.0 Å². The molecule has 0 saturated heterocycles. The van der Waals surface area contributed by atoms with Gasteiger partial charge in [0.2, 0.25) is 5.91 Å². The maximum absolute atomic E-state index is 11.8. The molecule has 2 N–H and O–H groups in total. The molecule has 22 heavy (non-hydrogen) atoms. The lowest BCUT2D eigenvalue weighted by Gasteiger charge is -2.07. The number of methoxy groups -OCH3 is 1. The summed E-state index contributed by atoms with van der Waals surface area (Å²) in [5.41, 5.74) is 3.00. The van der Waals surface area contributed by atoms with Crippen molar-refractivity contribution >= 4 is 5.91 Å². The smallest absolute Gasteiger partial charge is 0.220 e. The Hall–Kier alpha value is -2.40. The van der Waals surface area contributed by atoms with Gasteiger partial charge in [-0.15, -0.1) is 0 Å². The minimum atomic E-state index is -0.0238. The monoisotopic (exact) mass is 300 g/mol. The van der Waals surface area contributed by atoms with Gasteiger partial charge in [-0.1, -0.05) is 24.3 Å². The number of hydrogen-bond donors (Lipinski definition) is 2. The van der Waals surface area contributed by atoms with Crippen molar-refractivity contribution < 1.29 is 14.6 Å². The topological polar surface area (TPSA) is 71.5 Å². The Kier molecular flexibility index (Phi) is 5.91. The standard InChI is InChI=1S/C17H20N2O3/c1-22-12-14-4-2-13(3-5-14)10-19-17(21)7-6-15-8-16(20)11-18-9-15/h2-5,8-9,11,20H,6-7,10,12H2,1H3,(H,19,21). The number of aromatic hydroxyl groups is 1. The van der Waals surface area contributed by atoms with Crippen molar-refractivity contribution in [1.29, 1.82) is 0 Å². The molecule has 0 radical (unpaired) electrons. The Balaban J connectivity index is 1.75. The second kappa shape index (κ2) is 8.14. The number of ether oxygens (including phenoxy) is 1. The molecule has 5 nitrogen and oxygen atoms in total. The first-order chi connectivity index (χ1) is 10.7. The summed E-state index contributed by atoms with van der Waals surface area (Å²) in [5, 5.41) is 12.2. The molecule has 0 bridgehead atoms. The van der Waals surface area contributed by atoms with Gasteiger partial charge in [0.1, 0.15) is 5.75 Å². The third-order valence-electron chi connectivity index (χ3n) is 3.24. The van der Waals surface area contributed by atoms with Crippen LogP contribution in [0.4, 0.5) is 0 Å². The summed E-state index contributed by atoms with van der Waals surface area (Å²) in [4.78, 5) is 15.7. The van der Waals surface area contributed by atoms with Gasteiger partial charge in [0.15, 0.2) is 0 Å². The van der Waals surface area contributed by atoms with Crippen LogP contribution in [0.1, 0.15) is 23.1 Å². The van der Waals surface area contributed by atoms with Crippen LogP contribution in [-0.4, -0.2) is 23.1 Å². The van der Waals surface area contributed by atoms with Crippen LogP contribution in [0.2, 0.25) is 0 Å². The Bertz CT molecular complexity index is 612. The van der Waals surface area contributed by atoms with Crippen LogP contribution in [0, 0.1) is 0 Å². The van der Waals surface area contributed by atoms with Crippen LogP contribution in [0.15, 0.2) is 42.7 Å². The van der Waals surface area contributed by atoms with Gasteiger partial charge >= 0.3 is 0 Å². The van der Waals surface area contributed by atoms with E-state index >= 15 is 0 Å². The van der Waals surface area contributed by atoms with Crippen molar-refractivity contribution in [3.8, 4) is 5.75 Å². The fraction of sp³-hybridized carbons (Fsp3) is 0.294. The molecule has 0 saturated carbocycles. The fourth-order valence-corrected chi connectivity index (χ4v) is 2.08. The molecular formula is C17H20N2O3. The van der Waals surface area contributed by atoms with Gasteiger partial charge < -0.3 is 15.2 Å². The highest BCUT2D eigenvalue weighted by Gasteiger charge is 2.03. The number of aromatic nitrogens is 1. The normalized spacial score (nSPS) is 10.4. The van der Waals surface area contributed by atoms with Gasteiger partial charge in [-0.05, 0) is 29.2 Å². The van der Waals surface area contributed by atoms with Gasteiger partial charge in [0.05, 0.1) is 12.8 Å². The number of aryl methyl sites for hydroxylation is 1. The predicted molar refractivity (Wildman–Crippen MR) is 83.2 cm³/mol. The number of nitrogens with one attached hydrogen (secondary N) is 1. The van der Waals surface area contributed by atoms with Gasteiger partial charge in [0.25, 0.3) is 0 Å². The van der Waals surface area contributed by atoms with Crippen LogP contribution >= 0.6 is 0 Å². The molecule has 116 valence electrons. The van der Waals surface area contributed by atoms with E-state index in [9.17, 15) is 9.90 Å². The molecular weight excluding hydrogens is 280 g/mol. The van der Waals surface area contributed by atoms with Gasteiger partial charge in [-0.25, -0.2) is 0 Å². The minimum absolute atomic E-state index is 0.0238.